The van der Waals surface area contributed by atoms with Crippen molar-refractivity contribution in [3.05, 3.63) is 65.5 Å². The molecule has 1 aliphatic rings. The Hall–Kier alpha value is -3.88. The number of aromatic nitrogens is 5. The molecule has 1 atom stereocenters. The quantitative estimate of drug-likeness (QED) is 0.474. The Labute approximate surface area is 196 Å². The lowest BCUT2D eigenvalue weighted by Gasteiger charge is -2.23. The van der Waals surface area contributed by atoms with Crippen molar-refractivity contribution >= 4 is 23.2 Å². The van der Waals surface area contributed by atoms with Crippen molar-refractivity contribution in [2.45, 2.75) is 46.0 Å². The van der Waals surface area contributed by atoms with Crippen LogP contribution in [0.2, 0.25) is 0 Å². The lowest BCUT2D eigenvalue weighted by Crippen LogP contribution is -2.33. The van der Waals surface area contributed by atoms with Crippen LogP contribution in [-0.4, -0.2) is 30.2 Å². The number of carbonyl (C=O) groups excluding carboxylic acids is 1. The monoisotopic (exact) mass is 459 g/mol. The van der Waals surface area contributed by atoms with E-state index in [1.54, 1.807) is 31.5 Å². The fourth-order valence-corrected chi connectivity index (χ4v) is 4.35. The smallest absolute Gasteiger partial charge is 0.240 e. The summed E-state index contributed by atoms with van der Waals surface area (Å²) in [6.45, 7) is 8.29. The number of amides is 1. The number of nitrogens with one attached hydrogen (secondary N) is 1. The van der Waals surface area contributed by atoms with Gasteiger partial charge in [-0.15, -0.1) is 0 Å². The fraction of sp³-hybridized carbons (Fsp3) is 0.320. The van der Waals surface area contributed by atoms with Crippen molar-refractivity contribution in [3.8, 4) is 11.5 Å². The van der Waals surface area contributed by atoms with Crippen molar-refractivity contribution in [2.24, 2.45) is 5.41 Å². The zero-order valence-electron chi connectivity index (χ0n) is 19.6. The molecule has 3 aromatic heterocycles. The van der Waals surface area contributed by atoms with E-state index in [-0.39, 0.29) is 23.0 Å². The summed E-state index contributed by atoms with van der Waals surface area (Å²) >= 11 is 0. The Morgan fingerprint density at radius 3 is 2.59 bits per heavy atom. The minimum atomic E-state index is -1.13. The number of imidazole rings is 1. The molecule has 8 nitrogen and oxygen atoms in total. The van der Waals surface area contributed by atoms with Crippen LogP contribution in [0, 0.1) is 11.2 Å². The molecule has 174 valence electrons. The third kappa shape index (κ3) is 3.57. The number of nitrogens with two attached hydrogens (primary N) is 1. The average molecular weight is 460 g/mol. The summed E-state index contributed by atoms with van der Waals surface area (Å²) in [7, 11) is 0. The second-order valence-electron chi connectivity index (χ2n) is 10.0. The fourth-order valence-electron chi connectivity index (χ4n) is 4.35. The number of hydrogen-bond acceptors (Lipinski definition) is 6. The van der Waals surface area contributed by atoms with Gasteiger partial charge in [-0.25, -0.2) is 24.3 Å². The molecule has 0 saturated carbocycles. The SMILES string of the molecule is CC(C)(C)CCc1nc(-c2nc(N)c3c(n2)NC(=O)C3(C)c2ccc(F)cc2)cn2ccnc12. The first-order chi connectivity index (χ1) is 16.1. The normalized spacial score (nSPS) is 17.7. The van der Waals surface area contributed by atoms with Crippen LogP contribution in [0.25, 0.3) is 17.2 Å². The molecule has 0 radical (unpaired) electrons. The number of hydrogen-bond donors (Lipinski definition) is 2. The van der Waals surface area contributed by atoms with E-state index in [2.05, 4.69) is 41.0 Å². The first kappa shape index (κ1) is 21.9. The number of rotatable bonds is 4. The number of nitrogen functional groups attached to an aromatic ring is 1. The number of benzene rings is 1. The molecule has 4 aromatic rings. The maximum absolute atomic E-state index is 13.5. The summed E-state index contributed by atoms with van der Waals surface area (Å²) in [5, 5.41) is 2.83. The second-order valence-corrected chi connectivity index (χ2v) is 10.0. The molecule has 0 bridgehead atoms. The molecule has 5 rings (SSSR count). The van der Waals surface area contributed by atoms with Gasteiger partial charge in [-0.05, 0) is 42.9 Å². The van der Waals surface area contributed by atoms with Crippen molar-refractivity contribution in [3.63, 3.8) is 0 Å². The first-order valence-electron chi connectivity index (χ1n) is 11.1. The molecule has 0 saturated heterocycles. The Morgan fingerprint density at radius 1 is 1.15 bits per heavy atom. The molecule has 0 aliphatic carbocycles. The van der Waals surface area contributed by atoms with Crippen LogP contribution >= 0.6 is 0 Å². The van der Waals surface area contributed by atoms with Crippen molar-refractivity contribution in [1.29, 1.82) is 0 Å². The topological polar surface area (TPSA) is 111 Å². The van der Waals surface area contributed by atoms with Gasteiger partial charge in [-0.3, -0.25) is 4.79 Å². The number of halogens is 1. The molecule has 9 heteroatoms. The van der Waals surface area contributed by atoms with E-state index in [0.29, 0.717) is 28.5 Å². The van der Waals surface area contributed by atoms with Crippen LogP contribution in [-0.2, 0) is 16.6 Å². The van der Waals surface area contributed by atoms with Crippen LogP contribution in [0.5, 0.6) is 0 Å². The Balaban J connectivity index is 1.60. The molecular formula is C25H26FN7O. The second kappa shape index (κ2) is 7.58. The Morgan fingerprint density at radius 2 is 1.88 bits per heavy atom. The Kier molecular flexibility index (Phi) is 4.89. The number of nitrogens with zero attached hydrogens (tertiary/aromatic N) is 5. The summed E-state index contributed by atoms with van der Waals surface area (Å²) in [6, 6.07) is 5.79. The highest BCUT2D eigenvalue weighted by Crippen LogP contribution is 2.44. The van der Waals surface area contributed by atoms with Crippen LogP contribution in [0.1, 0.15) is 50.9 Å². The summed E-state index contributed by atoms with van der Waals surface area (Å²) in [4.78, 5) is 31.5. The summed E-state index contributed by atoms with van der Waals surface area (Å²) in [5.74, 6) is 0.148. The van der Waals surface area contributed by atoms with Gasteiger partial charge in [0.1, 0.15) is 28.6 Å². The van der Waals surface area contributed by atoms with Crippen LogP contribution < -0.4 is 11.1 Å². The van der Waals surface area contributed by atoms with Gasteiger partial charge in [0.25, 0.3) is 0 Å². The van der Waals surface area contributed by atoms with Gasteiger partial charge < -0.3 is 15.5 Å². The van der Waals surface area contributed by atoms with Crippen molar-refractivity contribution < 1.29 is 9.18 Å². The largest absolute Gasteiger partial charge is 0.383 e. The minimum Gasteiger partial charge on any atom is -0.383 e. The number of fused-ring (bicyclic) bond motifs is 2. The highest BCUT2D eigenvalue weighted by molar-refractivity contribution is 6.09. The molecular weight excluding hydrogens is 433 g/mol. The van der Waals surface area contributed by atoms with Gasteiger partial charge in [-0.1, -0.05) is 32.9 Å². The maximum Gasteiger partial charge on any atom is 0.240 e. The highest BCUT2D eigenvalue weighted by atomic mass is 19.1. The maximum atomic E-state index is 13.5. The Bertz CT molecular complexity index is 1420. The van der Waals surface area contributed by atoms with Crippen molar-refractivity contribution in [1.82, 2.24) is 24.3 Å². The standard InChI is InChI=1S/C25H26FN7O/c1-24(2,3)10-9-16-22-28-11-12-33(22)13-17(29-16)20-30-19(27)18-21(31-20)32-23(34)25(18,4)14-5-7-15(26)8-6-14/h5-8,11-13H,9-10H2,1-4H3,(H3,27,30,31,32,34). The third-order valence-corrected chi connectivity index (χ3v) is 6.33. The average Bonchev–Trinajstić information content (AvgIpc) is 3.35. The molecule has 4 heterocycles. The zero-order chi connectivity index (χ0) is 24.3. The molecule has 34 heavy (non-hydrogen) atoms. The lowest BCUT2D eigenvalue weighted by atomic mass is 9.78. The third-order valence-electron chi connectivity index (χ3n) is 6.33. The van der Waals surface area contributed by atoms with Crippen LogP contribution in [0.3, 0.4) is 0 Å². The van der Waals surface area contributed by atoms with Crippen LogP contribution in [0.4, 0.5) is 16.0 Å². The molecule has 0 fully saturated rings. The van der Waals surface area contributed by atoms with Gasteiger partial charge in [0.2, 0.25) is 5.91 Å². The molecule has 1 amide bonds. The van der Waals surface area contributed by atoms with Gasteiger partial charge in [0.15, 0.2) is 11.5 Å². The highest BCUT2D eigenvalue weighted by Gasteiger charge is 2.47. The number of carbonyl (C=O) groups is 1. The van der Waals surface area contributed by atoms with Gasteiger partial charge in [-0.2, -0.15) is 0 Å². The molecule has 1 aliphatic heterocycles. The molecule has 0 spiro atoms. The van der Waals surface area contributed by atoms with E-state index in [1.807, 2.05) is 10.6 Å². The number of aryl methyl sites for hydroxylation is 1. The van der Waals surface area contributed by atoms with Crippen LogP contribution in [0.15, 0.2) is 42.9 Å². The van der Waals surface area contributed by atoms with E-state index < -0.39 is 5.41 Å². The predicted molar refractivity (Wildman–Crippen MR) is 128 cm³/mol. The van der Waals surface area contributed by atoms with E-state index in [0.717, 1.165) is 24.2 Å². The molecule has 1 aromatic carbocycles. The van der Waals surface area contributed by atoms with E-state index in [4.69, 9.17) is 10.7 Å². The lowest BCUT2D eigenvalue weighted by molar-refractivity contribution is -0.119. The molecule has 1 unspecified atom stereocenters. The zero-order valence-corrected chi connectivity index (χ0v) is 19.6. The van der Waals surface area contributed by atoms with Gasteiger partial charge >= 0.3 is 0 Å². The summed E-state index contributed by atoms with van der Waals surface area (Å²) in [5.41, 5.74) is 8.66. The summed E-state index contributed by atoms with van der Waals surface area (Å²) in [6.07, 6.45) is 7.07. The van der Waals surface area contributed by atoms with E-state index in [1.165, 1.54) is 12.1 Å². The van der Waals surface area contributed by atoms with Gasteiger partial charge in [0, 0.05) is 18.6 Å². The first-order valence-corrected chi connectivity index (χ1v) is 11.1. The summed E-state index contributed by atoms with van der Waals surface area (Å²) < 4.78 is 15.4. The minimum absolute atomic E-state index is 0.144. The van der Waals surface area contributed by atoms with E-state index in [9.17, 15) is 9.18 Å². The van der Waals surface area contributed by atoms with Gasteiger partial charge in [0.05, 0.1) is 11.3 Å². The molecule has 3 N–H and O–H groups in total. The van der Waals surface area contributed by atoms with E-state index >= 15 is 0 Å². The van der Waals surface area contributed by atoms with Crippen molar-refractivity contribution in [2.75, 3.05) is 11.1 Å². The number of anilines is 2. The predicted octanol–water partition coefficient (Wildman–Crippen LogP) is 4.14.